The minimum absolute atomic E-state index is 0.0595. The average molecular weight is 245 g/mol. The van der Waals surface area contributed by atoms with Gasteiger partial charge in [-0.05, 0) is 37.8 Å². The molecule has 0 aliphatic heterocycles. The molecule has 4 nitrogen and oxygen atoms in total. The molecule has 4 heteroatoms. The summed E-state index contributed by atoms with van der Waals surface area (Å²) in [7, 11) is 0. The summed E-state index contributed by atoms with van der Waals surface area (Å²) in [6.45, 7) is 4.01. The van der Waals surface area contributed by atoms with E-state index in [1.807, 2.05) is 19.9 Å². The van der Waals surface area contributed by atoms with E-state index in [0.29, 0.717) is 5.92 Å². The highest BCUT2D eigenvalue weighted by molar-refractivity contribution is 5.43. The molecule has 1 aliphatic rings. The molecule has 0 radical (unpaired) electrons. The second-order valence-electron chi connectivity index (χ2n) is 5.25. The van der Waals surface area contributed by atoms with E-state index in [1.165, 1.54) is 25.7 Å². The van der Waals surface area contributed by atoms with Crippen LogP contribution in [0.3, 0.4) is 0 Å². The van der Waals surface area contributed by atoms with Crippen LogP contribution in [0.5, 0.6) is 0 Å². The summed E-state index contributed by atoms with van der Waals surface area (Å²) >= 11 is 0. The van der Waals surface area contributed by atoms with Gasteiger partial charge in [-0.15, -0.1) is 0 Å². The topological polar surface area (TPSA) is 50.2 Å². The first-order valence-electron chi connectivity index (χ1n) is 6.82. The lowest BCUT2D eigenvalue weighted by atomic mass is 10.1. The number of aromatic nitrogens is 3. The van der Waals surface area contributed by atoms with Gasteiger partial charge in [0, 0.05) is 11.5 Å². The number of nitrogens with one attached hydrogen (secondary N) is 1. The van der Waals surface area contributed by atoms with E-state index >= 15 is 0 Å². The van der Waals surface area contributed by atoms with E-state index in [2.05, 4.69) is 10.1 Å². The fourth-order valence-corrected chi connectivity index (χ4v) is 3.02. The molecule has 0 unspecified atom stereocenters. The van der Waals surface area contributed by atoms with Crippen LogP contribution in [-0.2, 0) is 6.42 Å². The third kappa shape index (κ3) is 1.67. The number of aromatic amines is 1. The largest absolute Gasteiger partial charge is 0.276 e. The Labute approximate surface area is 106 Å². The number of hydrogen-bond acceptors (Lipinski definition) is 2. The summed E-state index contributed by atoms with van der Waals surface area (Å²) in [6.07, 6.45) is 5.69. The van der Waals surface area contributed by atoms with Crippen molar-refractivity contribution in [3.05, 3.63) is 33.4 Å². The van der Waals surface area contributed by atoms with Gasteiger partial charge < -0.3 is 0 Å². The van der Waals surface area contributed by atoms with Crippen LogP contribution in [0.25, 0.3) is 5.65 Å². The Morgan fingerprint density at radius 3 is 2.83 bits per heavy atom. The fraction of sp³-hybridized carbons (Fsp3) is 0.571. The van der Waals surface area contributed by atoms with Crippen molar-refractivity contribution >= 4 is 5.65 Å². The molecule has 1 N–H and O–H groups in total. The zero-order valence-electron chi connectivity index (χ0n) is 11.0. The average Bonchev–Trinajstić information content (AvgIpc) is 2.96. The maximum Gasteiger partial charge on any atom is 0.274 e. The Morgan fingerprint density at radius 2 is 2.17 bits per heavy atom. The molecule has 2 aromatic rings. The van der Waals surface area contributed by atoms with Gasteiger partial charge in [-0.25, -0.2) is 4.98 Å². The smallest absolute Gasteiger partial charge is 0.274 e. The van der Waals surface area contributed by atoms with E-state index in [1.54, 1.807) is 4.52 Å². The van der Waals surface area contributed by atoms with E-state index in [9.17, 15) is 4.79 Å². The first kappa shape index (κ1) is 11.5. The van der Waals surface area contributed by atoms with Gasteiger partial charge in [-0.3, -0.25) is 9.89 Å². The van der Waals surface area contributed by atoms with Crippen molar-refractivity contribution in [3.63, 3.8) is 0 Å². The van der Waals surface area contributed by atoms with E-state index < -0.39 is 0 Å². The van der Waals surface area contributed by atoms with Gasteiger partial charge in [0.25, 0.3) is 5.56 Å². The van der Waals surface area contributed by atoms with Crippen LogP contribution in [0.4, 0.5) is 0 Å². The number of pyridine rings is 1. The monoisotopic (exact) mass is 245 g/mol. The van der Waals surface area contributed by atoms with Gasteiger partial charge >= 0.3 is 0 Å². The fourth-order valence-electron chi connectivity index (χ4n) is 3.02. The molecule has 0 bridgehead atoms. The molecule has 2 aromatic heterocycles. The minimum atomic E-state index is 0.0595. The molecule has 1 saturated carbocycles. The number of hydrogen-bond donors (Lipinski definition) is 1. The van der Waals surface area contributed by atoms with Gasteiger partial charge in [-0.1, -0.05) is 19.8 Å². The van der Waals surface area contributed by atoms with Crippen molar-refractivity contribution in [1.82, 2.24) is 14.6 Å². The Hall–Kier alpha value is -1.58. The van der Waals surface area contributed by atoms with Crippen molar-refractivity contribution in [3.8, 4) is 0 Å². The van der Waals surface area contributed by atoms with Crippen LogP contribution in [0.2, 0.25) is 0 Å². The molecule has 18 heavy (non-hydrogen) atoms. The molecule has 2 heterocycles. The van der Waals surface area contributed by atoms with Crippen LogP contribution >= 0.6 is 0 Å². The van der Waals surface area contributed by atoms with Crippen molar-refractivity contribution in [2.45, 2.75) is 51.9 Å². The van der Waals surface area contributed by atoms with E-state index in [-0.39, 0.29) is 5.56 Å². The molecule has 96 valence electrons. The molecular formula is C14H19N3O. The molecule has 0 amide bonds. The summed E-state index contributed by atoms with van der Waals surface area (Å²) < 4.78 is 1.61. The summed E-state index contributed by atoms with van der Waals surface area (Å²) in [5.74, 6) is 1.49. The number of fused-ring (bicyclic) bond motifs is 1. The lowest BCUT2D eigenvalue weighted by molar-refractivity contribution is 0.663. The molecule has 0 saturated heterocycles. The lowest BCUT2D eigenvalue weighted by Gasteiger charge is -2.02. The highest BCUT2D eigenvalue weighted by atomic mass is 16.1. The molecule has 0 atom stereocenters. The highest BCUT2D eigenvalue weighted by Crippen LogP contribution is 2.32. The third-order valence-corrected chi connectivity index (χ3v) is 4.07. The first-order chi connectivity index (χ1) is 8.70. The third-order valence-electron chi connectivity index (χ3n) is 4.07. The maximum atomic E-state index is 12.3. The Kier molecular flexibility index (Phi) is 2.73. The molecule has 0 aromatic carbocycles. The van der Waals surface area contributed by atoms with Crippen LogP contribution in [-0.4, -0.2) is 14.6 Å². The summed E-state index contributed by atoms with van der Waals surface area (Å²) in [5, 5.41) is 3.20. The van der Waals surface area contributed by atoms with Crippen LogP contribution < -0.4 is 5.56 Å². The van der Waals surface area contributed by atoms with Crippen molar-refractivity contribution in [2.75, 3.05) is 0 Å². The second-order valence-corrected chi connectivity index (χ2v) is 5.25. The molecular weight excluding hydrogens is 226 g/mol. The van der Waals surface area contributed by atoms with Crippen LogP contribution in [0.15, 0.2) is 10.9 Å². The van der Waals surface area contributed by atoms with Gasteiger partial charge in [-0.2, -0.15) is 4.52 Å². The zero-order chi connectivity index (χ0) is 12.7. The van der Waals surface area contributed by atoms with Crippen molar-refractivity contribution < 1.29 is 0 Å². The maximum absolute atomic E-state index is 12.3. The second kappa shape index (κ2) is 4.26. The van der Waals surface area contributed by atoms with Gasteiger partial charge in [0.1, 0.15) is 5.82 Å². The van der Waals surface area contributed by atoms with E-state index in [0.717, 1.165) is 29.0 Å². The van der Waals surface area contributed by atoms with Crippen LogP contribution in [0, 0.1) is 6.92 Å². The van der Waals surface area contributed by atoms with Gasteiger partial charge in [0.05, 0.1) is 0 Å². The van der Waals surface area contributed by atoms with Gasteiger partial charge in [0.2, 0.25) is 0 Å². The van der Waals surface area contributed by atoms with Crippen LogP contribution in [0.1, 0.15) is 55.5 Å². The molecule has 3 rings (SSSR count). The number of aryl methyl sites for hydroxylation is 1. The molecule has 0 spiro atoms. The lowest BCUT2D eigenvalue weighted by Crippen LogP contribution is -2.19. The van der Waals surface area contributed by atoms with Crippen molar-refractivity contribution in [2.24, 2.45) is 0 Å². The minimum Gasteiger partial charge on any atom is -0.276 e. The number of rotatable bonds is 2. The Morgan fingerprint density at radius 1 is 1.44 bits per heavy atom. The molecule has 1 aliphatic carbocycles. The predicted molar refractivity (Wildman–Crippen MR) is 71.1 cm³/mol. The number of H-pyrrole nitrogens is 1. The SMILES string of the molecule is CCc1c(C)cc2nc(C3CCCC3)[nH]n2c1=O. The summed E-state index contributed by atoms with van der Waals surface area (Å²) in [6, 6.07) is 2.01. The quantitative estimate of drug-likeness (QED) is 0.884. The summed E-state index contributed by atoms with van der Waals surface area (Å²) in [4.78, 5) is 16.9. The van der Waals surface area contributed by atoms with Gasteiger partial charge in [0.15, 0.2) is 5.65 Å². The first-order valence-corrected chi connectivity index (χ1v) is 6.82. The number of nitrogens with zero attached hydrogens (tertiary/aromatic N) is 2. The predicted octanol–water partition coefficient (Wildman–Crippen LogP) is 2.55. The Balaban J connectivity index is 2.17. The standard InChI is InChI=1S/C14H19N3O/c1-3-11-9(2)8-12-15-13(10-6-4-5-7-10)16-17(12)14(11)18/h8,10H,3-7H2,1-2H3,(H,15,16). The zero-order valence-corrected chi connectivity index (χ0v) is 11.0. The van der Waals surface area contributed by atoms with Crippen molar-refractivity contribution in [1.29, 1.82) is 0 Å². The van der Waals surface area contributed by atoms with E-state index in [4.69, 9.17) is 0 Å². The molecule has 1 fully saturated rings. The normalized spacial score (nSPS) is 16.8. The Bertz CT molecular complexity index is 632. The summed E-state index contributed by atoms with van der Waals surface area (Å²) in [5.41, 5.74) is 2.75. The highest BCUT2D eigenvalue weighted by Gasteiger charge is 2.21.